The molecule has 1 atom stereocenters. The number of fused-ring (bicyclic) bond motifs is 1. The summed E-state index contributed by atoms with van der Waals surface area (Å²) in [7, 11) is 0. The Morgan fingerprint density at radius 2 is 1.57 bits per heavy atom. The molecular weight excluding hydrogens is 515 g/mol. The molecule has 0 spiro atoms. The monoisotopic (exact) mass is 530 g/mol. The number of hydrogen-bond acceptors (Lipinski definition) is 5. The molecule has 1 aliphatic rings. The Morgan fingerprint density at radius 1 is 0.914 bits per heavy atom. The van der Waals surface area contributed by atoms with E-state index in [2.05, 4.69) is 5.32 Å². The SMILES string of the molecule is CC(OC(=O)c1ccc2c(c1)C(=O)N(Cc1ccccc1Cl)C2=O)C(=O)Nc1cc(Cl)cc(Cl)c1. The van der Waals surface area contributed by atoms with Crippen LogP contribution in [-0.4, -0.2) is 34.7 Å². The molecule has 7 nitrogen and oxygen atoms in total. The predicted octanol–water partition coefficient (Wildman–Crippen LogP) is 5.63. The van der Waals surface area contributed by atoms with Crippen molar-refractivity contribution in [3.63, 3.8) is 0 Å². The molecule has 0 aliphatic carbocycles. The van der Waals surface area contributed by atoms with Crippen molar-refractivity contribution >= 4 is 64.2 Å². The normalized spacial score (nSPS) is 13.4. The average Bonchev–Trinajstić information content (AvgIpc) is 3.04. The van der Waals surface area contributed by atoms with Gasteiger partial charge in [0.1, 0.15) is 0 Å². The van der Waals surface area contributed by atoms with Crippen molar-refractivity contribution < 1.29 is 23.9 Å². The van der Waals surface area contributed by atoms with Gasteiger partial charge >= 0.3 is 5.97 Å². The highest BCUT2D eigenvalue weighted by Gasteiger charge is 2.36. The maximum atomic E-state index is 12.9. The van der Waals surface area contributed by atoms with Crippen molar-refractivity contribution in [2.75, 3.05) is 5.32 Å². The number of esters is 1. The summed E-state index contributed by atoms with van der Waals surface area (Å²) in [6.45, 7) is 1.39. The lowest BCUT2D eigenvalue weighted by Gasteiger charge is -2.14. The van der Waals surface area contributed by atoms with Crippen molar-refractivity contribution in [1.82, 2.24) is 4.90 Å². The molecule has 3 aromatic rings. The van der Waals surface area contributed by atoms with Gasteiger partial charge in [-0.25, -0.2) is 4.79 Å². The number of nitrogens with zero attached hydrogens (tertiary/aromatic N) is 1. The van der Waals surface area contributed by atoms with Gasteiger partial charge in [0.2, 0.25) is 0 Å². The first-order valence-electron chi connectivity index (χ1n) is 10.4. The molecule has 178 valence electrons. The quantitative estimate of drug-likeness (QED) is 0.329. The fourth-order valence-corrected chi connectivity index (χ4v) is 4.23. The molecule has 1 unspecified atom stereocenters. The number of carbonyl (C=O) groups is 4. The molecule has 10 heteroatoms. The van der Waals surface area contributed by atoms with Crippen molar-refractivity contribution in [2.24, 2.45) is 0 Å². The molecule has 1 heterocycles. The van der Waals surface area contributed by atoms with E-state index in [4.69, 9.17) is 39.5 Å². The molecule has 0 saturated carbocycles. The topological polar surface area (TPSA) is 92.8 Å². The second-order valence-corrected chi connectivity index (χ2v) is 9.02. The number of halogens is 3. The maximum absolute atomic E-state index is 12.9. The van der Waals surface area contributed by atoms with E-state index in [1.165, 1.54) is 43.3 Å². The average molecular weight is 532 g/mol. The van der Waals surface area contributed by atoms with Crippen LogP contribution in [-0.2, 0) is 16.1 Å². The van der Waals surface area contributed by atoms with Gasteiger partial charge in [0.25, 0.3) is 17.7 Å². The first-order chi connectivity index (χ1) is 16.6. The van der Waals surface area contributed by atoms with Crippen molar-refractivity contribution in [1.29, 1.82) is 0 Å². The molecule has 0 fully saturated rings. The van der Waals surface area contributed by atoms with E-state index >= 15 is 0 Å². The molecule has 4 rings (SSSR count). The third-order valence-corrected chi connectivity index (χ3v) is 6.08. The number of imide groups is 1. The number of amides is 3. The zero-order valence-electron chi connectivity index (χ0n) is 18.2. The minimum absolute atomic E-state index is 0.00345. The zero-order valence-corrected chi connectivity index (χ0v) is 20.4. The lowest BCUT2D eigenvalue weighted by molar-refractivity contribution is -0.123. The number of nitrogens with one attached hydrogen (secondary N) is 1. The van der Waals surface area contributed by atoms with Gasteiger partial charge in [-0.3, -0.25) is 19.3 Å². The van der Waals surface area contributed by atoms with Gasteiger partial charge in [-0.15, -0.1) is 0 Å². The van der Waals surface area contributed by atoms with Crippen LogP contribution in [0.4, 0.5) is 5.69 Å². The van der Waals surface area contributed by atoms with E-state index < -0.39 is 29.8 Å². The van der Waals surface area contributed by atoms with Gasteiger partial charge in [0.05, 0.1) is 23.2 Å². The predicted molar refractivity (Wildman–Crippen MR) is 132 cm³/mol. The first-order valence-corrected chi connectivity index (χ1v) is 11.5. The number of anilines is 1. The van der Waals surface area contributed by atoms with E-state index in [-0.39, 0.29) is 23.2 Å². The molecule has 0 bridgehead atoms. The summed E-state index contributed by atoms with van der Waals surface area (Å²) in [6.07, 6.45) is -1.16. The van der Waals surface area contributed by atoms with E-state index in [1.54, 1.807) is 24.3 Å². The van der Waals surface area contributed by atoms with Crippen LogP contribution in [0.5, 0.6) is 0 Å². The Bertz CT molecular complexity index is 1350. The molecule has 1 aliphatic heterocycles. The molecule has 0 aromatic heterocycles. The summed E-state index contributed by atoms with van der Waals surface area (Å²) in [6, 6.07) is 15.4. The number of benzene rings is 3. The van der Waals surface area contributed by atoms with Crippen LogP contribution in [0.1, 0.15) is 43.6 Å². The number of hydrogen-bond donors (Lipinski definition) is 1. The Morgan fingerprint density at radius 3 is 2.26 bits per heavy atom. The second-order valence-electron chi connectivity index (χ2n) is 7.74. The summed E-state index contributed by atoms with van der Waals surface area (Å²) < 4.78 is 5.25. The van der Waals surface area contributed by atoms with Gasteiger partial charge < -0.3 is 10.1 Å². The van der Waals surface area contributed by atoms with Crippen LogP contribution in [0, 0.1) is 0 Å². The Hall–Kier alpha value is -3.39. The first kappa shape index (κ1) is 24.7. The molecule has 35 heavy (non-hydrogen) atoms. The Labute approximate surface area is 215 Å². The Balaban J connectivity index is 1.46. The summed E-state index contributed by atoms with van der Waals surface area (Å²) in [5.74, 6) is -2.47. The highest BCUT2D eigenvalue weighted by molar-refractivity contribution is 6.35. The molecule has 3 aromatic carbocycles. The van der Waals surface area contributed by atoms with Gasteiger partial charge in [0.15, 0.2) is 6.10 Å². The van der Waals surface area contributed by atoms with Crippen LogP contribution in [0.2, 0.25) is 15.1 Å². The van der Waals surface area contributed by atoms with Crippen LogP contribution in [0.3, 0.4) is 0 Å². The van der Waals surface area contributed by atoms with E-state index in [9.17, 15) is 19.2 Å². The molecule has 1 N–H and O–H groups in total. The molecule has 0 saturated heterocycles. The van der Waals surface area contributed by atoms with E-state index in [0.29, 0.717) is 26.3 Å². The molecule has 3 amide bonds. The smallest absolute Gasteiger partial charge is 0.338 e. The third-order valence-electron chi connectivity index (χ3n) is 5.28. The van der Waals surface area contributed by atoms with Gasteiger partial charge in [-0.1, -0.05) is 53.0 Å². The van der Waals surface area contributed by atoms with Gasteiger partial charge in [-0.2, -0.15) is 0 Å². The minimum Gasteiger partial charge on any atom is -0.449 e. The van der Waals surface area contributed by atoms with Crippen molar-refractivity contribution in [2.45, 2.75) is 19.6 Å². The highest BCUT2D eigenvalue weighted by atomic mass is 35.5. The van der Waals surface area contributed by atoms with Crippen LogP contribution in [0.15, 0.2) is 60.7 Å². The lowest BCUT2D eigenvalue weighted by atomic mass is 10.1. The largest absolute Gasteiger partial charge is 0.449 e. The fourth-order valence-electron chi connectivity index (χ4n) is 3.51. The Kier molecular flexibility index (Phi) is 7.12. The zero-order chi connectivity index (χ0) is 25.3. The van der Waals surface area contributed by atoms with E-state index in [1.807, 2.05) is 0 Å². The second kappa shape index (κ2) is 10.1. The minimum atomic E-state index is -1.16. The van der Waals surface area contributed by atoms with Crippen molar-refractivity contribution in [3.8, 4) is 0 Å². The number of rotatable bonds is 6. The van der Waals surface area contributed by atoms with Crippen LogP contribution in [0.25, 0.3) is 0 Å². The van der Waals surface area contributed by atoms with Crippen LogP contribution < -0.4 is 5.32 Å². The number of carbonyl (C=O) groups excluding carboxylic acids is 4. The summed E-state index contributed by atoms with van der Waals surface area (Å²) in [4.78, 5) is 51.8. The van der Waals surface area contributed by atoms with E-state index in [0.717, 1.165) is 4.90 Å². The molecule has 0 radical (unpaired) electrons. The van der Waals surface area contributed by atoms with Crippen molar-refractivity contribution in [3.05, 3.63) is 98.0 Å². The standard InChI is InChI=1S/C25H17Cl3N2O5/c1-13(22(31)29-18-10-16(26)9-17(27)11-18)35-25(34)14-6-7-19-20(8-14)24(33)30(23(19)32)12-15-4-2-3-5-21(15)28/h2-11,13H,12H2,1H3,(H,29,31). The summed E-state index contributed by atoms with van der Waals surface area (Å²) in [5, 5.41) is 3.66. The lowest BCUT2D eigenvalue weighted by Crippen LogP contribution is -2.30. The number of ether oxygens (including phenoxy) is 1. The highest BCUT2D eigenvalue weighted by Crippen LogP contribution is 2.28. The molecular formula is C25H17Cl3N2O5. The third kappa shape index (κ3) is 5.32. The summed E-state index contributed by atoms with van der Waals surface area (Å²) >= 11 is 18.0. The summed E-state index contributed by atoms with van der Waals surface area (Å²) in [5.41, 5.74) is 1.22. The van der Waals surface area contributed by atoms with Crippen LogP contribution >= 0.6 is 34.8 Å². The van der Waals surface area contributed by atoms with Gasteiger partial charge in [-0.05, 0) is 55.0 Å². The maximum Gasteiger partial charge on any atom is 0.338 e. The fraction of sp³-hybridized carbons (Fsp3) is 0.120. The van der Waals surface area contributed by atoms with Gasteiger partial charge in [0, 0.05) is 20.8 Å².